The summed E-state index contributed by atoms with van der Waals surface area (Å²) >= 11 is 3.35. The van der Waals surface area contributed by atoms with Gasteiger partial charge in [0.1, 0.15) is 10.2 Å². The minimum absolute atomic E-state index is 0.215. The van der Waals surface area contributed by atoms with Crippen molar-refractivity contribution in [2.45, 2.75) is 45.3 Å². The molecule has 1 aromatic heterocycles. The first-order valence-corrected chi connectivity index (χ1v) is 7.33. The molecular weight excluding hydrogens is 310 g/mol. The van der Waals surface area contributed by atoms with Gasteiger partial charge in [0.25, 0.3) is 0 Å². The predicted molar refractivity (Wildman–Crippen MR) is 76.0 cm³/mol. The maximum atomic E-state index is 11.9. The summed E-state index contributed by atoms with van der Waals surface area (Å²) in [5.74, 6) is 0. The number of halogens is 1. The standard InChI is InChI=1S/C13H20BrN3O2/c1-13(2,3)19-12(18)16-7-4-10(5-8-16)17-9-6-11(14)15-17/h6,9-10H,4-5,7-8H2,1-3H3. The molecule has 1 saturated heterocycles. The van der Waals surface area contributed by atoms with E-state index in [0.29, 0.717) is 6.04 Å². The molecule has 1 aromatic rings. The van der Waals surface area contributed by atoms with Gasteiger partial charge in [0.05, 0.1) is 6.04 Å². The summed E-state index contributed by atoms with van der Waals surface area (Å²) in [4.78, 5) is 13.7. The van der Waals surface area contributed by atoms with Crippen LogP contribution in [0.2, 0.25) is 0 Å². The van der Waals surface area contributed by atoms with E-state index in [2.05, 4.69) is 21.0 Å². The van der Waals surface area contributed by atoms with Gasteiger partial charge < -0.3 is 9.64 Å². The van der Waals surface area contributed by atoms with Crippen molar-refractivity contribution in [2.75, 3.05) is 13.1 Å². The fourth-order valence-electron chi connectivity index (χ4n) is 2.16. The Kier molecular flexibility index (Phi) is 4.18. The Morgan fingerprint density at radius 3 is 2.53 bits per heavy atom. The van der Waals surface area contributed by atoms with Crippen molar-refractivity contribution < 1.29 is 9.53 Å². The third kappa shape index (κ3) is 3.96. The lowest BCUT2D eigenvalue weighted by atomic mass is 10.1. The quantitative estimate of drug-likeness (QED) is 0.794. The van der Waals surface area contributed by atoms with Crippen LogP contribution in [0.25, 0.3) is 0 Å². The van der Waals surface area contributed by atoms with E-state index in [1.165, 1.54) is 0 Å². The summed E-state index contributed by atoms with van der Waals surface area (Å²) in [7, 11) is 0. The number of carbonyl (C=O) groups excluding carboxylic acids is 1. The molecule has 1 fully saturated rings. The van der Waals surface area contributed by atoms with E-state index < -0.39 is 5.60 Å². The van der Waals surface area contributed by atoms with Gasteiger partial charge in [-0.05, 0) is 55.6 Å². The van der Waals surface area contributed by atoms with Crippen LogP contribution in [-0.4, -0.2) is 39.5 Å². The van der Waals surface area contributed by atoms with Gasteiger partial charge in [-0.1, -0.05) is 0 Å². The average Bonchev–Trinajstić information content (AvgIpc) is 2.74. The number of likely N-dealkylation sites (tertiary alicyclic amines) is 1. The van der Waals surface area contributed by atoms with Crippen LogP contribution in [0.4, 0.5) is 4.79 Å². The summed E-state index contributed by atoms with van der Waals surface area (Å²) in [6.45, 7) is 7.10. The normalized spacial score (nSPS) is 17.6. The summed E-state index contributed by atoms with van der Waals surface area (Å²) in [5.41, 5.74) is -0.430. The molecule has 0 atom stereocenters. The topological polar surface area (TPSA) is 47.4 Å². The molecule has 6 heteroatoms. The number of hydrogen-bond donors (Lipinski definition) is 0. The summed E-state index contributed by atoms with van der Waals surface area (Å²) < 4.78 is 8.20. The maximum absolute atomic E-state index is 11.9. The van der Waals surface area contributed by atoms with E-state index in [0.717, 1.165) is 30.5 Å². The molecule has 106 valence electrons. The zero-order chi connectivity index (χ0) is 14.0. The molecule has 0 saturated carbocycles. The van der Waals surface area contributed by atoms with Gasteiger partial charge in [0.15, 0.2) is 0 Å². The van der Waals surface area contributed by atoms with Crippen LogP contribution < -0.4 is 0 Å². The lowest BCUT2D eigenvalue weighted by Gasteiger charge is -2.33. The molecule has 19 heavy (non-hydrogen) atoms. The molecule has 0 unspecified atom stereocenters. The van der Waals surface area contributed by atoms with Gasteiger partial charge in [-0.25, -0.2) is 4.79 Å². The second-order valence-corrected chi connectivity index (χ2v) is 6.63. The Morgan fingerprint density at radius 1 is 1.42 bits per heavy atom. The molecule has 0 bridgehead atoms. The average molecular weight is 330 g/mol. The number of hydrogen-bond acceptors (Lipinski definition) is 3. The van der Waals surface area contributed by atoms with Gasteiger partial charge >= 0.3 is 6.09 Å². The van der Waals surface area contributed by atoms with Crippen molar-refractivity contribution in [1.29, 1.82) is 0 Å². The number of amides is 1. The van der Waals surface area contributed by atoms with Crippen LogP contribution in [0, 0.1) is 0 Å². The maximum Gasteiger partial charge on any atom is 0.410 e. The third-order valence-electron chi connectivity index (χ3n) is 3.07. The van der Waals surface area contributed by atoms with Crippen LogP contribution in [0.5, 0.6) is 0 Å². The molecule has 2 heterocycles. The number of nitrogens with zero attached hydrogens (tertiary/aromatic N) is 3. The fourth-order valence-corrected chi connectivity index (χ4v) is 2.46. The second kappa shape index (κ2) is 5.53. The van der Waals surface area contributed by atoms with Crippen molar-refractivity contribution in [3.8, 4) is 0 Å². The fraction of sp³-hybridized carbons (Fsp3) is 0.692. The number of piperidine rings is 1. The van der Waals surface area contributed by atoms with E-state index in [9.17, 15) is 4.79 Å². The highest BCUT2D eigenvalue weighted by atomic mass is 79.9. The SMILES string of the molecule is CC(C)(C)OC(=O)N1CCC(n2ccc(Br)n2)CC1. The number of ether oxygens (including phenoxy) is 1. The Morgan fingerprint density at radius 2 is 2.05 bits per heavy atom. The molecule has 1 aliphatic heterocycles. The monoisotopic (exact) mass is 329 g/mol. The van der Waals surface area contributed by atoms with E-state index in [1.807, 2.05) is 37.7 Å². The molecule has 0 N–H and O–H groups in total. The molecule has 5 nitrogen and oxygen atoms in total. The van der Waals surface area contributed by atoms with Gasteiger partial charge in [-0.15, -0.1) is 0 Å². The Labute approximate surface area is 122 Å². The molecule has 1 amide bonds. The van der Waals surface area contributed by atoms with E-state index >= 15 is 0 Å². The number of carbonyl (C=O) groups is 1. The van der Waals surface area contributed by atoms with Crippen LogP contribution in [-0.2, 0) is 4.74 Å². The van der Waals surface area contributed by atoms with Crippen LogP contribution in [0.15, 0.2) is 16.9 Å². The van der Waals surface area contributed by atoms with Crippen molar-refractivity contribution in [1.82, 2.24) is 14.7 Å². The van der Waals surface area contributed by atoms with Crippen molar-refractivity contribution >= 4 is 22.0 Å². The van der Waals surface area contributed by atoms with Gasteiger partial charge in [0, 0.05) is 19.3 Å². The van der Waals surface area contributed by atoms with Crippen LogP contribution >= 0.6 is 15.9 Å². The Balaban J connectivity index is 1.87. The summed E-state index contributed by atoms with van der Waals surface area (Å²) in [6, 6.07) is 2.30. The summed E-state index contributed by atoms with van der Waals surface area (Å²) in [5, 5.41) is 4.36. The molecule has 0 spiro atoms. The first kappa shape index (κ1) is 14.4. The van der Waals surface area contributed by atoms with E-state index in [-0.39, 0.29) is 6.09 Å². The third-order valence-corrected chi connectivity index (χ3v) is 3.49. The van der Waals surface area contributed by atoms with E-state index in [4.69, 9.17) is 4.74 Å². The number of rotatable bonds is 1. The van der Waals surface area contributed by atoms with Crippen molar-refractivity contribution in [2.24, 2.45) is 0 Å². The largest absolute Gasteiger partial charge is 0.444 e. The zero-order valence-electron chi connectivity index (χ0n) is 11.6. The molecule has 1 aliphatic rings. The highest BCUT2D eigenvalue weighted by Crippen LogP contribution is 2.24. The molecule has 0 aromatic carbocycles. The first-order valence-electron chi connectivity index (χ1n) is 6.54. The van der Waals surface area contributed by atoms with Crippen LogP contribution in [0.3, 0.4) is 0 Å². The Bertz CT molecular complexity index is 445. The van der Waals surface area contributed by atoms with Crippen LogP contribution in [0.1, 0.15) is 39.7 Å². The lowest BCUT2D eigenvalue weighted by Crippen LogP contribution is -2.42. The zero-order valence-corrected chi connectivity index (χ0v) is 13.2. The number of aromatic nitrogens is 2. The van der Waals surface area contributed by atoms with Crippen molar-refractivity contribution in [3.05, 3.63) is 16.9 Å². The molecule has 0 radical (unpaired) electrons. The minimum atomic E-state index is -0.430. The smallest absolute Gasteiger partial charge is 0.410 e. The first-order chi connectivity index (χ1) is 8.85. The lowest BCUT2D eigenvalue weighted by molar-refractivity contribution is 0.0184. The predicted octanol–water partition coefficient (Wildman–Crippen LogP) is 3.22. The van der Waals surface area contributed by atoms with Gasteiger partial charge in [-0.2, -0.15) is 5.10 Å². The second-order valence-electron chi connectivity index (χ2n) is 5.82. The summed E-state index contributed by atoms with van der Waals surface area (Å²) in [6.07, 6.45) is 3.58. The van der Waals surface area contributed by atoms with E-state index in [1.54, 1.807) is 4.90 Å². The highest BCUT2D eigenvalue weighted by Gasteiger charge is 2.27. The molecule has 2 rings (SSSR count). The van der Waals surface area contributed by atoms with Gasteiger partial charge in [0.2, 0.25) is 0 Å². The molecule has 0 aliphatic carbocycles. The minimum Gasteiger partial charge on any atom is -0.444 e. The van der Waals surface area contributed by atoms with Crippen molar-refractivity contribution in [3.63, 3.8) is 0 Å². The highest BCUT2D eigenvalue weighted by molar-refractivity contribution is 9.10. The van der Waals surface area contributed by atoms with Gasteiger partial charge in [-0.3, -0.25) is 4.68 Å². The Hall–Kier alpha value is -1.04. The molecular formula is C13H20BrN3O2.